The zero-order chi connectivity index (χ0) is 30.5. The molecule has 2 aliphatic heterocycles. The number of halogens is 1. The quantitative estimate of drug-likeness (QED) is 0.311. The van der Waals surface area contributed by atoms with E-state index in [1.807, 2.05) is 55.3 Å². The van der Waals surface area contributed by atoms with Crippen LogP contribution in [0.4, 0.5) is 11.4 Å². The summed E-state index contributed by atoms with van der Waals surface area (Å²) in [5.41, 5.74) is 3.04. The highest BCUT2D eigenvalue weighted by Crippen LogP contribution is 2.43. The van der Waals surface area contributed by atoms with Gasteiger partial charge >= 0.3 is 0 Å². The third kappa shape index (κ3) is 6.86. The number of carbonyl (C=O) groups is 3. The number of para-hydroxylation sites is 1. The number of nitrogens with one attached hydrogen (secondary N) is 1. The highest BCUT2D eigenvalue weighted by molar-refractivity contribution is 6.30. The molecule has 5 rings (SSSR count). The Bertz CT molecular complexity index is 1450. The van der Waals surface area contributed by atoms with Gasteiger partial charge in [0.15, 0.2) is 0 Å². The fraction of sp³-hybridized carbons (Fsp3) is 0.382. The van der Waals surface area contributed by atoms with Crippen molar-refractivity contribution in [2.24, 2.45) is 0 Å². The molecule has 0 bridgehead atoms. The summed E-state index contributed by atoms with van der Waals surface area (Å²) < 4.78 is 5.87. The molecule has 3 amide bonds. The third-order valence-electron chi connectivity index (χ3n) is 8.35. The second kappa shape index (κ2) is 13.6. The minimum absolute atomic E-state index is 0.0250. The second-order valence-electron chi connectivity index (χ2n) is 11.4. The summed E-state index contributed by atoms with van der Waals surface area (Å²) in [6.45, 7) is 5.57. The van der Waals surface area contributed by atoms with Gasteiger partial charge in [-0.15, -0.1) is 0 Å². The fourth-order valence-corrected chi connectivity index (χ4v) is 6.31. The van der Waals surface area contributed by atoms with Crippen molar-refractivity contribution in [3.63, 3.8) is 0 Å². The maximum absolute atomic E-state index is 13.8. The van der Waals surface area contributed by atoms with Gasteiger partial charge in [0.25, 0.3) is 5.91 Å². The van der Waals surface area contributed by atoms with Crippen LogP contribution in [0.15, 0.2) is 72.8 Å². The molecule has 0 saturated carbocycles. The van der Waals surface area contributed by atoms with E-state index in [9.17, 15) is 14.4 Å². The van der Waals surface area contributed by atoms with Crippen LogP contribution in [0, 0.1) is 0 Å². The standard InChI is InChI=1S/C34H39ClN4O4/c1-23-22-32(39(24(2)40)27-15-13-26(35)14-16-27)29-8-4-5-9-30(29)38(23)34(42)25-11-17-28(18-12-25)43-21-7-19-36-33(41)31-10-6-20-37(31)3/h4-5,8-9,11-18,23,31-32H,6-7,10,19-22H2,1-3H3,(H,36,41)/t23?,31-,32+/m0/s1. The molecule has 1 unspecified atom stereocenters. The molecule has 8 nitrogen and oxygen atoms in total. The smallest absolute Gasteiger partial charge is 0.258 e. The van der Waals surface area contributed by atoms with Gasteiger partial charge in [0, 0.05) is 41.5 Å². The van der Waals surface area contributed by atoms with E-state index >= 15 is 0 Å². The van der Waals surface area contributed by atoms with Gasteiger partial charge in [-0.1, -0.05) is 29.8 Å². The molecule has 1 N–H and O–H groups in total. The van der Waals surface area contributed by atoms with Crippen molar-refractivity contribution in [2.45, 2.75) is 57.7 Å². The number of hydrogen-bond acceptors (Lipinski definition) is 5. The Labute approximate surface area is 258 Å². The SMILES string of the molecule is CC(=O)N(c1ccc(Cl)cc1)[C@@H]1CC(C)N(C(=O)c2ccc(OCCCNC(=O)[C@@H]3CCCN3C)cc2)c2ccccc21. The molecular formula is C34H39ClN4O4. The monoisotopic (exact) mass is 602 g/mol. The highest BCUT2D eigenvalue weighted by Gasteiger charge is 2.38. The van der Waals surface area contributed by atoms with E-state index < -0.39 is 0 Å². The lowest BCUT2D eigenvalue weighted by Gasteiger charge is -2.43. The molecular weight excluding hydrogens is 564 g/mol. The normalized spacial score (nSPS) is 19.9. The maximum Gasteiger partial charge on any atom is 0.258 e. The van der Waals surface area contributed by atoms with Crippen molar-refractivity contribution in [2.75, 3.05) is 36.5 Å². The zero-order valence-corrected chi connectivity index (χ0v) is 25.7. The van der Waals surface area contributed by atoms with E-state index in [2.05, 4.69) is 10.2 Å². The average molecular weight is 603 g/mol. The fourth-order valence-electron chi connectivity index (χ4n) is 6.18. The van der Waals surface area contributed by atoms with Crippen LogP contribution >= 0.6 is 11.6 Å². The Kier molecular flexibility index (Phi) is 9.68. The molecule has 2 heterocycles. The first-order valence-corrected chi connectivity index (χ1v) is 15.3. The van der Waals surface area contributed by atoms with Crippen molar-refractivity contribution in [1.82, 2.24) is 10.2 Å². The van der Waals surface area contributed by atoms with E-state index in [0.29, 0.717) is 42.3 Å². The summed E-state index contributed by atoms with van der Waals surface area (Å²) in [4.78, 5) is 44.8. The van der Waals surface area contributed by atoms with Gasteiger partial charge < -0.3 is 19.9 Å². The molecule has 43 heavy (non-hydrogen) atoms. The summed E-state index contributed by atoms with van der Waals surface area (Å²) in [5.74, 6) is 0.575. The Hall–Kier alpha value is -3.88. The molecule has 0 aromatic heterocycles. The second-order valence-corrected chi connectivity index (χ2v) is 11.8. The molecule has 1 fully saturated rings. The number of nitrogens with zero attached hydrogens (tertiary/aromatic N) is 3. The molecule has 0 spiro atoms. The summed E-state index contributed by atoms with van der Waals surface area (Å²) >= 11 is 6.11. The van der Waals surface area contributed by atoms with Gasteiger partial charge in [0.05, 0.1) is 18.7 Å². The van der Waals surface area contributed by atoms with Gasteiger partial charge in [-0.3, -0.25) is 19.3 Å². The molecule has 1 saturated heterocycles. The number of hydrogen-bond donors (Lipinski definition) is 1. The molecule has 0 aliphatic carbocycles. The minimum Gasteiger partial charge on any atom is -0.494 e. The first kappa shape index (κ1) is 30.6. The number of ether oxygens (including phenoxy) is 1. The third-order valence-corrected chi connectivity index (χ3v) is 8.60. The number of carbonyl (C=O) groups excluding carboxylic acids is 3. The predicted octanol–water partition coefficient (Wildman–Crippen LogP) is 5.85. The van der Waals surface area contributed by atoms with Crippen LogP contribution in [0.2, 0.25) is 5.02 Å². The topological polar surface area (TPSA) is 82.2 Å². The van der Waals surface area contributed by atoms with Crippen LogP contribution in [0.25, 0.3) is 0 Å². The number of rotatable bonds is 9. The van der Waals surface area contributed by atoms with Crippen molar-refractivity contribution in [3.8, 4) is 5.75 Å². The van der Waals surface area contributed by atoms with E-state index in [4.69, 9.17) is 16.3 Å². The van der Waals surface area contributed by atoms with Crippen LogP contribution in [0.1, 0.15) is 61.5 Å². The largest absolute Gasteiger partial charge is 0.494 e. The summed E-state index contributed by atoms with van der Waals surface area (Å²) in [6, 6.07) is 21.8. The average Bonchev–Trinajstić information content (AvgIpc) is 3.44. The van der Waals surface area contributed by atoms with Crippen LogP contribution in [-0.2, 0) is 9.59 Å². The molecule has 226 valence electrons. The number of fused-ring (bicyclic) bond motifs is 1. The lowest BCUT2D eigenvalue weighted by molar-refractivity contribution is -0.125. The number of amides is 3. The van der Waals surface area contributed by atoms with E-state index in [-0.39, 0.29) is 35.8 Å². The van der Waals surface area contributed by atoms with Crippen molar-refractivity contribution in [1.29, 1.82) is 0 Å². The van der Waals surface area contributed by atoms with Gasteiger partial charge in [0.2, 0.25) is 11.8 Å². The van der Waals surface area contributed by atoms with Gasteiger partial charge in [-0.05, 0) is 106 Å². The number of likely N-dealkylation sites (tertiary alicyclic amines) is 1. The molecule has 3 atom stereocenters. The van der Waals surface area contributed by atoms with Gasteiger partial charge in [-0.25, -0.2) is 0 Å². The zero-order valence-electron chi connectivity index (χ0n) is 25.0. The van der Waals surface area contributed by atoms with E-state index in [1.54, 1.807) is 48.2 Å². The first-order chi connectivity index (χ1) is 20.7. The van der Waals surface area contributed by atoms with Crippen molar-refractivity contribution in [3.05, 3.63) is 88.9 Å². The van der Waals surface area contributed by atoms with Crippen LogP contribution in [0.5, 0.6) is 5.75 Å². The summed E-state index contributed by atoms with van der Waals surface area (Å²) in [6.07, 6.45) is 3.24. The molecule has 2 aliphatic rings. The van der Waals surface area contributed by atoms with Crippen LogP contribution in [-0.4, -0.2) is 61.4 Å². The number of anilines is 2. The van der Waals surface area contributed by atoms with E-state index in [0.717, 1.165) is 36.3 Å². The van der Waals surface area contributed by atoms with Crippen molar-refractivity contribution < 1.29 is 19.1 Å². The molecule has 0 radical (unpaired) electrons. The number of benzene rings is 3. The number of likely N-dealkylation sites (N-methyl/N-ethyl adjacent to an activating group) is 1. The van der Waals surface area contributed by atoms with Gasteiger partial charge in [-0.2, -0.15) is 0 Å². The predicted molar refractivity (Wildman–Crippen MR) is 170 cm³/mol. The molecule has 9 heteroatoms. The van der Waals surface area contributed by atoms with Crippen LogP contribution in [0.3, 0.4) is 0 Å². The minimum atomic E-state index is -0.228. The van der Waals surface area contributed by atoms with Crippen LogP contribution < -0.4 is 19.9 Å². The molecule has 3 aromatic rings. The Balaban J connectivity index is 1.23. The van der Waals surface area contributed by atoms with Gasteiger partial charge in [0.1, 0.15) is 5.75 Å². The van der Waals surface area contributed by atoms with Crippen molar-refractivity contribution >= 4 is 40.7 Å². The molecule has 3 aromatic carbocycles. The highest BCUT2D eigenvalue weighted by atomic mass is 35.5. The Morgan fingerprint density at radius 2 is 1.74 bits per heavy atom. The Morgan fingerprint density at radius 3 is 2.42 bits per heavy atom. The Morgan fingerprint density at radius 1 is 1.02 bits per heavy atom. The lowest BCUT2D eigenvalue weighted by Crippen LogP contribution is -2.47. The summed E-state index contributed by atoms with van der Waals surface area (Å²) in [7, 11) is 1.99. The summed E-state index contributed by atoms with van der Waals surface area (Å²) in [5, 5.41) is 3.61. The maximum atomic E-state index is 13.8. The first-order valence-electron chi connectivity index (χ1n) is 14.9. The lowest BCUT2D eigenvalue weighted by atomic mass is 9.89. The van der Waals surface area contributed by atoms with E-state index in [1.165, 1.54) is 0 Å².